The fourth-order valence-corrected chi connectivity index (χ4v) is 4.18. The molecule has 3 rings (SSSR count). The van der Waals surface area contributed by atoms with Crippen molar-refractivity contribution in [1.82, 2.24) is 23.8 Å². The van der Waals surface area contributed by atoms with E-state index >= 15 is 0 Å². The molecule has 1 fully saturated rings. The number of nitrogens with zero attached hydrogens (tertiary/aromatic N) is 5. The van der Waals surface area contributed by atoms with Gasteiger partial charge in [0, 0.05) is 31.0 Å². The molecule has 0 N–H and O–H groups in total. The zero-order valence-electron chi connectivity index (χ0n) is 15.1. The summed E-state index contributed by atoms with van der Waals surface area (Å²) in [5.74, 6) is 0.366. The first-order valence-electron chi connectivity index (χ1n) is 8.47. The molecule has 0 bridgehead atoms. The maximum absolute atomic E-state index is 12.9. The second kappa shape index (κ2) is 7.58. The Hall–Kier alpha value is -2.20. The Balaban J connectivity index is 1.72. The van der Waals surface area contributed by atoms with Gasteiger partial charge in [-0.15, -0.1) is 0 Å². The molecule has 142 valence electrons. The summed E-state index contributed by atoms with van der Waals surface area (Å²) in [4.78, 5) is 12.1. The van der Waals surface area contributed by atoms with Crippen LogP contribution in [0.15, 0.2) is 29.8 Å². The zero-order chi connectivity index (χ0) is 18.7. The summed E-state index contributed by atoms with van der Waals surface area (Å²) >= 11 is 0. The molecule has 0 aliphatic carbocycles. The van der Waals surface area contributed by atoms with Crippen molar-refractivity contribution in [2.75, 3.05) is 20.2 Å². The van der Waals surface area contributed by atoms with E-state index in [4.69, 9.17) is 9.47 Å². The van der Waals surface area contributed by atoms with Gasteiger partial charge in [-0.05, 0) is 26.7 Å². The summed E-state index contributed by atoms with van der Waals surface area (Å²) < 4.78 is 39.8. The van der Waals surface area contributed by atoms with E-state index in [9.17, 15) is 8.42 Å². The van der Waals surface area contributed by atoms with Crippen molar-refractivity contribution in [3.63, 3.8) is 0 Å². The number of hydrogen-bond acceptors (Lipinski definition) is 7. The number of methoxy groups -OCH3 is 1. The first-order chi connectivity index (χ1) is 12.4. The minimum Gasteiger partial charge on any atom is -0.473 e. The van der Waals surface area contributed by atoms with Gasteiger partial charge < -0.3 is 14.0 Å². The summed E-state index contributed by atoms with van der Waals surface area (Å²) in [6.45, 7) is 4.64. The van der Waals surface area contributed by atoms with Crippen LogP contribution in [0.1, 0.15) is 32.7 Å². The Morgan fingerprint density at radius 1 is 1.31 bits per heavy atom. The largest absolute Gasteiger partial charge is 0.473 e. The lowest BCUT2D eigenvalue weighted by Crippen LogP contribution is -2.44. The quantitative estimate of drug-likeness (QED) is 0.747. The van der Waals surface area contributed by atoms with Gasteiger partial charge >= 0.3 is 6.01 Å². The summed E-state index contributed by atoms with van der Waals surface area (Å²) in [6.07, 6.45) is 5.82. The van der Waals surface area contributed by atoms with E-state index < -0.39 is 10.0 Å². The maximum atomic E-state index is 12.9. The SMILES string of the molecule is COc1nccc(OC2CCCN(S(=O)(=O)c3cn(C(C)C)cn3)C2)n1. The molecule has 10 heteroatoms. The topological polar surface area (TPSA) is 99.4 Å². The van der Waals surface area contributed by atoms with E-state index in [-0.39, 0.29) is 29.7 Å². The number of sulfonamides is 1. The van der Waals surface area contributed by atoms with E-state index in [1.807, 2.05) is 13.8 Å². The molecule has 26 heavy (non-hydrogen) atoms. The first-order valence-corrected chi connectivity index (χ1v) is 9.91. The smallest absolute Gasteiger partial charge is 0.319 e. The fraction of sp³-hybridized carbons (Fsp3) is 0.562. The molecule has 0 saturated carbocycles. The molecule has 1 saturated heterocycles. The van der Waals surface area contributed by atoms with Crippen LogP contribution in [0.25, 0.3) is 0 Å². The Morgan fingerprint density at radius 2 is 2.12 bits per heavy atom. The molecule has 9 nitrogen and oxygen atoms in total. The van der Waals surface area contributed by atoms with Crippen molar-refractivity contribution in [2.24, 2.45) is 0 Å². The highest BCUT2D eigenvalue weighted by Crippen LogP contribution is 2.23. The number of ether oxygens (including phenoxy) is 2. The lowest BCUT2D eigenvalue weighted by molar-refractivity contribution is 0.123. The van der Waals surface area contributed by atoms with Crippen LogP contribution in [0.2, 0.25) is 0 Å². The standard InChI is InChI=1S/C16H23N5O4S/c1-12(2)20-10-15(18-11-20)26(22,23)21-8-4-5-13(9-21)25-14-6-7-17-16(19-14)24-3/h6-7,10-13H,4-5,8-9H2,1-3H3. The van der Waals surface area contributed by atoms with Crippen molar-refractivity contribution in [3.8, 4) is 11.9 Å². The second-order valence-electron chi connectivity index (χ2n) is 6.38. The molecule has 1 atom stereocenters. The summed E-state index contributed by atoms with van der Waals surface area (Å²) in [5.41, 5.74) is 0. The van der Waals surface area contributed by atoms with E-state index in [2.05, 4.69) is 15.0 Å². The lowest BCUT2D eigenvalue weighted by Gasteiger charge is -2.31. The van der Waals surface area contributed by atoms with Crippen molar-refractivity contribution in [3.05, 3.63) is 24.8 Å². The van der Waals surface area contributed by atoms with Gasteiger partial charge in [-0.2, -0.15) is 9.29 Å². The van der Waals surface area contributed by atoms with E-state index in [1.165, 1.54) is 17.6 Å². The van der Waals surface area contributed by atoms with Crippen LogP contribution in [0, 0.1) is 0 Å². The Morgan fingerprint density at radius 3 is 2.81 bits per heavy atom. The molecule has 1 aliphatic rings. The number of hydrogen-bond donors (Lipinski definition) is 0. The van der Waals surface area contributed by atoms with Crippen LogP contribution < -0.4 is 9.47 Å². The fourth-order valence-electron chi connectivity index (χ4n) is 2.75. The van der Waals surface area contributed by atoms with E-state index in [0.717, 1.165) is 6.42 Å². The van der Waals surface area contributed by atoms with Gasteiger partial charge in [-0.1, -0.05) is 0 Å². The van der Waals surface area contributed by atoms with Gasteiger partial charge in [0.25, 0.3) is 10.0 Å². The van der Waals surface area contributed by atoms with Gasteiger partial charge in [-0.3, -0.25) is 0 Å². The molecule has 3 heterocycles. The first kappa shape index (κ1) is 18.6. The van der Waals surface area contributed by atoms with Crippen LogP contribution >= 0.6 is 0 Å². The highest BCUT2D eigenvalue weighted by Gasteiger charge is 2.33. The van der Waals surface area contributed by atoms with Crippen LogP contribution in [0.5, 0.6) is 11.9 Å². The molecular formula is C16H23N5O4S. The zero-order valence-corrected chi connectivity index (χ0v) is 15.9. The second-order valence-corrected chi connectivity index (χ2v) is 8.26. The molecule has 2 aromatic heterocycles. The third-order valence-corrected chi connectivity index (χ3v) is 5.95. The number of piperidine rings is 1. The monoisotopic (exact) mass is 381 g/mol. The van der Waals surface area contributed by atoms with Gasteiger partial charge in [0.15, 0.2) is 5.03 Å². The average Bonchev–Trinajstić information content (AvgIpc) is 3.13. The molecule has 0 aromatic carbocycles. The van der Waals surface area contributed by atoms with Crippen molar-refractivity contribution < 1.29 is 17.9 Å². The Labute approximate surface area is 153 Å². The van der Waals surface area contributed by atoms with Crippen LogP contribution in [-0.2, 0) is 10.0 Å². The lowest BCUT2D eigenvalue weighted by atomic mass is 10.1. The van der Waals surface area contributed by atoms with Gasteiger partial charge in [0.1, 0.15) is 6.10 Å². The van der Waals surface area contributed by atoms with Gasteiger partial charge in [0.05, 0.1) is 20.0 Å². The minimum absolute atomic E-state index is 0.0653. The number of imidazole rings is 1. The van der Waals surface area contributed by atoms with Crippen LogP contribution in [0.3, 0.4) is 0 Å². The normalized spacial score (nSPS) is 18.8. The van der Waals surface area contributed by atoms with Crippen LogP contribution in [0.4, 0.5) is 0 Å². The van der Waals surface area contributed by atoms with Crippen molar-refractivity contribution in [2.45, 2.75) is 43.9 Å². The molecule has 1 aliphatic heterocycles. The minimum atomic E-state index is -3.65. The van der Waals surface area contributed by atoms with Crippen molar-refractivity contribution >= 4 is 10.0 Å². The molecular weight excluding hydrogens is 358 g/mol. The third kappa shape index (κ3) is 3.96. The van der Waals surface area contributed by atoms with E-state index in [1.54, 1.807) is 23.2 Å². The molecule has 1 unspecified atom stereocenters. The van der Waals surface area contributed by atoms with E-state index in [0.29, 0.717) is 18.8 Å². The third-order valence-electron chi connectivity index (χ3n) is 4.20. The van der Waals surface area contributed by atoms with Crippen LogP contribution in [-0.4, -0.2) is 58.5 Å². The van der Waals surface area contributed by atoms with Crippen molar-refractivity contribution in [1.29, 1.82) is 0 Å². The Kier molecular flexibility index (Phi) is 5.42. The van der Waals surface area contributed by atoms with Gasteiger partial charge in [-0.25, -0.2) is 18.4 Å². The summed E-state index contributed by atoms with van der Waals surface area (Å²) in [5, 5.41) is 0.0653. The summed E-state index contributed by atoms with van der Waals surface area (Å²) in [7, 11) is -2.17. The molecule has 2 aromatic rings. The molecule has 0 amide bonds. The predicted molar refractivity (Wildman–Crippen MR) is 93.6 cm³/mol. The average molecular weight is 381 g/mol. The number of rotatable bonds is 6. The Bertz CT molecular complexity index is 852. The molecule has 0 radical (unpaired) electrons. The molecule has 0 spiro atoms. The predicted octanol–water partition coefficient (Wildman–Crippen LogP) is 1.49. The highest BCUT2D eigenvalue weighted by atomic mass is 32.2. The van der Waals surface area contributed by atoms with Gasteiger partial charge in [0.2, 0.25) is 5.88 Å². The maximum Gasteiger partial charge on any atom is 0.319 e. The number of aromatic nitrogens is 4. The summed E-state index contributed by atoms with van der Waals surface area (Å²) in [6, 6.07) is 1.99. The highest BCUT2D eigenvalue weighted by molar-refractivity contribution is 7.89.